The minimum absolute atomic E-state index is 0.0424. The van der Waals surface area contributed by atoms with Crippen LogP contribution in [0.1, 0.15) is 63.6 Å². The molecule has 1 amide bonds. The van der Waals surface area contributed by atoms with Crippen molar-refractivity contribution in [1.82, 2.24) is 20.2 Å². The van der Waals surface area contributed by atoms with Crippen molar-refractivity contribution in [2.45, 2.75) is 84.5 Å². The van der Waals surface area contributed by atoms with Crippen LogP contribution in [0, 0.1) is 17.0 Å². The smallest absolute Gasteiger partial charge is 0.242 e. The van der Waals surface area contributed by atoms with Gasteiger partial charge in [-0.1, -0.05) is 52.3 Å². The van der Waals surface area contributed by atoms with E-state index in [1.807, 2.05) is 35.8 Å². The van der Waals surface area contributed by atoms with Gasteiger partial charge >= 0.3 is 0 Å². The first-order chi connectivity index (χ1) is 19.1. The van der Waals surface area contributed by atoms with E-state index in [-0.39, 0.29) is 30.0 Å². The Morgan fingerprint density at radius 1 is 1.23 bits per heavy atom. The number of hydrogen-bond donors (Lipinski definition) is 4. The molecule has 1 aliphatic carbocycles. The average molecular weight is 554 g/mol. The van der Waals surface area contributed by atoms with Gasteiger partial charge in [-0.25, -0.2) is 13.8 Å². The Bertz CT molecular complexity index is 1300. The minimum Gasteiger partial charge on any atom is -0.395 e. The summed E-state index contributed by atoms with van der Waals surface area (Å²) in [4.78, 5) is 17.7. The molecule has 7 nitrogen and oxygen atoms in total. The van der Waals surface area contributed by atoms with Crippen molar-refractivity contribution >= 4 is 11.7 Å². The Balaban J connectivity index is 1.42. The molecule has 3 atom stereocenters. The molecule has 0 fully saturated rings. The van der Waals surface area contributed by atoms with Gasteiger partial charge in [-0.15, -0.1) is 0 Å². The van der Waals surface area contributed by atoms with Crippen LogP contribution in [0.2, 0.25) is 0 Å². The molecule has 40 heavy (non-hydrogen) atoms. The van der Waals surface area contributed by atoms with Crippen molar-refractivity contribution in [2.24, 2.45) is 5.41 Å². The van der Waals surface area contributed by atoms with Crippen LogP contribution in [-0.4, -0.2) is 45.3 Å². The number of carbonyl (C=O) groups is 1. The molecule has 0 radical (unpaired) electrons. The highest BCUT2D eigenvalue weighted by molar-refractivity contribution is 5.94. The maximum atomic E-state index is 14.4. The zero-order valence-corrected chi connectivity index (χ0v) is 23.8. The normalized spacial score (nSPS) is 16.8. The molecule has 0 spiro atoms. The van der Waals surface area contributed by atoms with Gasteiger partial charge in [0.1, 0.15) is 18.0 Å². The molecule has 3 aromatic rings. The second-order valence-electron chi connectivity index (χ2n) is 11.7. The average Bonchev–Trinajstić information content (AvgIpc) is 3.36. The number of rotatable bonds is 11. The summed E-state index contributed by atoms with van der Waals surface area (Å²) in [6.45, 7) is 8.89. The summed E-state index contributed by atoms with van der Waals surface area (Å²) < 4.78 is 29.9. The van der Waals surface area contributed by atoms with E-state index in [0.717, 1.165) is 23.7 Å². The predicted octanol–water partition coefficient (Wildman–Crippen LogP) is 4.90. The molecule has 4 N–H and O–H groups in total. The number of benzene rings is 2. The van der Waals surface area contributed by atoms with Gasteiger partial charge in [-0.05, 0) is 59.9 Å². The Morgan fingerprint density at radius 2 is 2.00 bits per heavy atom. The van der Waals surface area contributed by atoms with Crippen LogP contribution >= 0.6 is 0 Å². The summed E-state index contributed by atoms with van der Waals surface area (Å²) in [6.07, 6.45) is 6.56. The van der Waals surface area contributed by atoms with Crippen LogP contribution in [0.5, 0.6) is 0 Å². The molecule has 9 heteroatoms. The molecular formula is C31H41F2N5O2. The standard InChI is InChI=1S/C31H41F2N5O2/c1-5-8-26(36-23-12-11-20-13-22(32)14-25(33)24(20)15-23)30(40)37-29-17-38(19-35-29)27-10-7-6-9-21(27)16-34-28(18-39)31(2,3)4/h6-7,9-10,13-14,17,19,23,26,28,34,36,39H,5,8,11-12,15-16,18H2,1-4H3,(H,37,40)/t23-,26?,28+/m0/s1. The number of para-hydroxylation sites is 1. The Kier molecular flexibility index (Phi) is 9.71. The van der Waals surface area contributed by atoms with E-state index in [4.69, 9.17) is 0 Å². The molecule has 2 aromatic carbocycles. The van der Waals surface area contributed by atoms with Gasteiger partial charge < -0.3 is 25.6 Å². The van der Waals surface area contributed by atoms with E-state index in [1.54, 1.807) is 12.5 Å². The molecule has 1 aromatic heterocycles. The second kappa shape index (κ2) is 13.0. The lowest BCUT2D eigenvalue weighted by Gasteiger charge is -2.30. The van der Waals surface area contributed by atoms with Crippen LogP contribution < -0.4 is 16.0 Å². The lowest BCUT2D eigenvalue weighted by atomic mass is 9.87. The zero-order chi connectivity index (χ0) is 28.9. The zero-order valence-electron chi connectivity index (χ0n) is 23.8. The van der Waals surface area contributed by atoms with Crippen LogP contribution in [0.4, 0.5) is 14.6 Å². The number of hydrogen-bond acceptors (Lipinski definition) is 5. The molecule has 0 saturated heterocycles. The summed E-state index contributed by atoms with van der Waals surface area (Å²) in [7, 11) is 0. The topological polar surface area (TPSA) is 91.2 Å². The third-order valence-corrected chi connectivity index (χ3v) is 7.67. The molecule has 0 saturated carbocycles. The SMILES string of the molecule is CCCC(N[C@H]1CCc2cc(F)cc(F)c2C1)C(=O)Nc1cn(-c2ccccc2CN[C@H](CO)C(C)(C)C)cn1. The number of anilines is 1. The first-order valence-electron chi connectivity index (χ1n) is 14.1. The largest absolute Gasteiger partial charge is 0.395 e. The number of aliphatic hydroxyl groups excluding tert-OH is 1. The van der Waals surface area contributed by atoms with Gasteiger partial charge in [0.25, 0.3) is 0 Å². The highest BCUT2D eigenvalue weighted by Gasteiger charge is 2.27. The monoisotopic (exact) mass is 553 g/mol. The Labute approximate surface area is 235 Å². The summed E-state index contributed by atoms with van der Waals surface area (Å²) >= 11 is 0. The quantitative estimate of drug-likeness (QED) is 0.271. The minimum atomic E-state index is -0.552. The van der Waals surface area contributed by atoms with Crippen molar-refractivity contribution in [2.75, 3.05) is 11.9 Å². The van der Waals surface area contributed by atoms with Crippen molar-refractivity contribution in [3.63, 3.8) is 0 Å². The van der Waals surface area contributed by atoms with E-state index in [1.165, 1.54) is 6.07 Å². The first kappa shape index (κ1) is 29.8. The van der Waals surface area contributed by atoms with Crippen LogP contribution in [0.15, 0.2) is 48.9 Å². The van der Waals surface area contributed by atoms with Gasteiger partial charge in [0.15, 0.2) is 5.82 Å². The third kappa shape index (κ3) is 7.33. The van der Waals surface area contributed by atoms with Crippen LogP contribution in [0.3, 0.4) is 0 Å². The van der Waals surface area contributed by atoms with Gasteiger partial charge in [0.2, 0.25) is 5.91 Å². The van der Waals surface area contributed by atoms with Crippen LogP contribution in [0.25, 0.3) is 5.69 Å². The highest BCUT2D eigenvalue weighted by Crippen LogP contribution is 2.26. The van der Waals surface area contributed by atoms with E-state index in [9.17, 15) is 18.7 Å². The Hall–Kier alpha value is -3.14. The number of aryl methyl sites for hydroxylation is 1. The maximum absolute atomic E-state index is 14.4. The highest BCUT2D eigenvalue weighted by atomic mass is 19.1. The lowest BCUT2D eigenvalue weighted by molar-refractivity contribution is -0.118. The first-order valence-corrected chi connectivity index (χ1v) is 14.1. The summed E-state index contributed by atoms with van der Waals surface area (Å²) in [5.74, 6) is -0.828. The molecule has 4 rings (SSSR count). The fraction of sp³-hybridized carbons (Fsp3) is 0.484. The summed E-state index contributed by atoms with van der Waals surface area (Å²) in [5.41, 5.74) is 3.11. The van der Waals surface area contributed by atoms with Crippen molar-refractivity contribution in [3.8, 4) is 5.69 Å². The number of nitrogens with one attached hydrogen (secondary N) is 3. The van der Waals surface area contributed by atoms with E-state index < -0.39 is 17.7 Å². The molecule has 1 unspecified atom stereocenters. The Morgan fingerprint density at radius 3 is 2.73 bits per heavy atom. The van der Waals surface area contributed by atoms with Gasteiger partial charge in [-0.3, -0.25) is 4.79 Å². The second-order valence-corrected chi connectivity index (χ2v) is 11.7. The number of halogens is 2. The summed E-state index contributed by atoms with van der Waals surface area (Å²) in [5, 5.41) is 19.6. The van der Waals surface area contributed by atoms with Gasteiger partial charge in [0, 0.05) is 24.7 Å². The molecule has 216 valence electrons. The molecule has 1 aliphatic rings. The van der Waals surface area contributed by atoms with Crippen molar-refractivity contribution < 1.29 is 18.7 Å². The number of nitrogens with zero attached hydrogens (tertiary/aromatic N) is 2. The summed E-state index contributed by atoms with van der Waals surface area (Å²) in [6, 6.07) is 9.67. The third-order valence-electron chi connectivity index (χ3n) is 7.67. The number of fused-ring (bicyclic) bond motifs is 1. The molecule has 0 bridgehead atoms. The number of carbonyl (C=O) groups excluding carboxylic acids is 1. The number of amides is 1. The molecular weight excluding hydrogens is 512 g/mol. The molecule has 0 aliphatic heterocycles. The fourth-order valence-electron chi connectivity index (χ4n) is 5.31. The lowest BCUT2D eigenvalue weighted by Crippen LogP contribution is -2.48. The molecule has 1 heterocycles. The van der Waals surface area contributed by atoms with E-state index in [0.29, 0.717) is 49.2 Å². The van der Waals surface area contributed by atoms with Crippen molar-refractivity contribution in [1.29, 1.82) is 0 Å². The number of imidazole rings is 1. The maximum Gasteiger partial charge on any atom is 0.242 e. The van der Waals surface area contributed by atoms with E-state index in [2.05, 4.69) is 41.7 Å². The van der Waals surface area contributed by atoms with Crippen molar-refractivity contribution in [3.05, 3.63) is 77.2 Å². The fourth-order valence-corrected chi connectivity index (χ4v) is 5.31. The van der Waals surface area contributed by atoms with Gasteiger partial charge in [0.05, 0.1) is 24.5 Å². The van der Waals surface area contributed by atoms with Crippen LogP contribution in [-0.2, 0) is 24.2 Å². The number of aromatic nitrogens is 2. The number of aliphatic hydroxyl groups is 1. The predicted molar refractivity (Wildman–Crippen MR) is 153 cm³/mol. The van der Waals surface area contributed by atoms with Gasteiger partial charge in [-0.2, -0.15) is 0 Å². The van der Waals surface area contributed by atoms with E-state index >= 15 is 0 Å².